The summed E-state index contributed by atoms with van der Waals surface area (Å²) in [4.78, 5) is 6.14. The number of hydrogen-bond donors (Lipinski definition) is 3. The Hall–Kier alpha value is -1.82. The summed E-state index contributed by atoms with van der Waals surface area (Å²) in [7, 11) is 4.03. The molecule has 1 aromatic heterocycles. The lowest BCUT2D eigenvalue weighted by molar-refractivity contribution is 0.318. The van der Waals surface area contributed by atoms with Crippen LogP contribution in [0.15, 0.2) is 23.5 Å². The van der Waals surface area contributed by atoms with Gasteiger partial charge in [0, 0.05) is 13.1 Å². The van der Waals surface area contributed by atoms with Gasteiger partial charge in [0.1, 0.15) is 5.69 Å². The van der Waals surface area contributed by atoms with Crippen molar-refractivity contribution in [3.63, 3.8) is 0 Å². The van der Waals surface area contributed by atoms with Crippen LogP contribution in [-0.2, 0) is 0 Å². The van der Waals surface area contributed by atoms with E-state index < -0.39 is 0 Å². The zero-order valence-electron chi connectivity index (χ0n) is 9.51. The molecule has 0 amide bonds. The number of pyridine rings is 1. The fourth-order valence-electron chi connectivity index (χ4n) is 1.13. The Morgan fingerprint density at radius 1 is 1.56 bits per heavy atom. The van der Waals surface area contributed by atoms with Crippen molar-refractivity contribution < 1.29 is 5.21 Å². The second-order valence-corrected chi connectivity index (χ2v) is 3.65. The minimum Gasteiger partial charge on any atom is -0.409 e. The van der Waals surface area contributed by atoms with E-state index in [1.165, 1.54) is 0 Å². The normalized spacial score (nSPS) is 11.8. The van der Waals surface area contributed by atoms with Crippen LogP contribution in [0.1, 0.15) is 5.69 Å². The zero-order valence-corrected chi connectivity index (χ0v) is 9.51. The average molecular weight is 223 g/mol. The van der Waals surface area contributed by atoms with Crippen molar-refractivity contribution in [2.24, 2.45) is 10.9 Å². The molecule has 0 saturated carbocycles. The van der Waals surface area contributed by atoms with Crippen molar-refractivity contribution in [3.8, 4) is 0 Å². The lowest BCUT2D eigenvalue weighted by Crippen LogP contribution is -2.21. The van der Waals surface area contributed by atoms with Crippen LogP contribution in [0.2, 0.25) is 0 Å². The van der Waals surface area contributed by atoms with Crippen LogP contribution in [0.3, 0.4) is 0 Å². The number of nitrogens with zero attached hydrogens (tertiary/aromatic N) is 3. The highest BCUT2D eigenvalue weighted by atomic mass is 16.4. The number of aromatic nitrogens is 1. The number of nitrogens with two attached hydrogens (primary N) is 1. The van der Waals surface area contributed by atoms with Gasteiger partial charge >= 0.3 is 0 Å². The van der Waals surface area contributed by atoms with Crippen LogP contribution in [0.25, 0.3) is 0 Å². The first-order chi connectivity index (χ1) is 7.63. The summed E-state index contributed by atoms with van der Waals surface area (Å²) in [5.41, 5.74) is 6.77. The van der Waals surface area contributed by atoms with Crippen molar-refractivity contribution in [1.29, 1.82) is 0 Å². The smallest absolute Gasteiger partial charge is 0.188 e. The van der Waals surface area contributed by atoms with E-state index in [4.69, 9.17) is 10.9 Å². The molecule has 0 spiro atoms. The van der Waals surface area contributed by atoms with Gasteiger partial charge in [-0.15, -0.1) is 0 Å². The molecule has 0 fully saturated rings. The van der Waals surface area contributed by atoms with E-state index in [1.54, 1.807) is 12.3 Å². The highest BCUT2D eigenvalue weighted by molar-refractivity contribution is 5.95. The van der Waals surface area contributed by atoms with E-state index >= 15 is 0 Å². The van der Waals surface area contributed by atoms with E-state index in [0.29, 0.717) is 5.69 Å². The molecule has 0 atom stereocenters. The number of hydrogen-bond acceptors (Lipinski definition) is 5. The first kappa shape index (κ1) is 12.3. The Morgan fingerprint density at radius 2 is 2.31 bits per heavy atom. The molecule has 6 heteroatoms. The van der Waals surface area contributed by atoms with Gasteiger partial charge in [-0.1, -0.05) is 5.16 Å². The van der Waals surface area contributed by atoms with Gasteiger partial charge in [0.15, 0.2) is 5.84 Å². The van der Waals surface area contributed by atoms with Crippen LogP contribution in [-0.4, -0.2) is 48.1 Å². The number of oxime groups is 1. The van der Waals surface area contributed by atoms with Gasteiger partial charge in [-0.3, -0.25) is 4.98 Å². The molecule has 0 aliphatic rings. The van der Waals surface area contributed by atoms with Gasteiger partial charge in [-0.25, -0.2) is 0 Å². The minimum absolute atomic E-state index is 0.0137. The third-order valence-corrected chi connectivity index (χ3v) is 2.02. The molecule has 0 bridgehead atoms. The molecule has 88 valence electrons. The summed E-state index contributed by atoms with van der Waals surface area (Å²) in [5, 5.41) is 14.6. The fraction of sp³-hybridized carbons (Fsp3) is 0.400. The van der Waals surface area contributed by atoms with Crippen LogP contribution < -0.4 is 11.1 Å². The Kier molecular flexibility index (Phi) is 4.53. The first-order valence-corrected chi connectivity index (χ1v) is 4.96. The molecule has 1 aromatic rings. The Morgan fingerprint density at radius 3 is 2.81 bits per heavy atom. The molecule has 0 radical (unpaired) electrons. The molecule has 6 nitrogen and oxygen atoms in total. The Bertz CT molecular complexity index is 347. The second-order valence-electron chi connectivity index (χ2n) is 3.65. The van der Waals surface area contributed by atoms with E-state index in [2.05, 4.69) is 20.4 Å². The Labute approximate surface area is 94.8 Å². The summed E-state index contributed by atoms with van der Waals surface area (Å²) in [6.07, 6.45) is 1.66. The number of nitrogens with one attached hydrogen (secondary N) is 1. The van der Waals surface area contributed by atoms with E-state index in [-0.39, 0.29) is 5.84 Å². The van der Waals surface area contributed by atoms with Gasteiger partial charge in [0.25, 0.3) is 0 Å². The van der Waals surface area contributed by atoms with Crippen LogP contribution >= 0.6 is 0 Å². The molecule has 1 rings (SSSR count). The van der Waals surface area contributed by atoms with Crippen molar-refractivity contribution in [1.82, 2.24) is 9.88 Å². The highest BCUT2D eigenvalue weighted by Crippen LogP contribution is 2.05. The lowest BCUT2D eigenvalue weighted by atomic mass is 10.3. The largest absolute Gasteiger partial charge is 0.409 e. The number of anilines is 1. The third-order valence-electron chi connectivity index (χ3n) is 2.02. The van der Waals surface area contributed by atoms with Crippen LogP contribution in [0.4, 0.5) is 5.69 Å². The topological polar surface area (TPSA) is 86.8 Å². The molecule has 0 saturated heterocycles. The quantitative estimate of drug-likeness (QED) is 0.286. The number of amidine groups is 1. The van der Waals surface area contributed by atoms with Crippen molar-refractivity contribution >= 4 is 11.5 Å². The fourth-order valence-corrected chi connectivity index (χ4v) is 1.13. The Balaban J connectivity index is 2.52. The molecule has 0 aromatic carbocycles. The van der Waals surface area contributed by atoms with Gasteiger partial charge in [0.2, 0.25) is 0 Å². The monoisotopic (exact) mass is 223 g/mol. The maximum absolute atomic E-state index is 8.46. The van der Waals surface area contributed by atoms with Gasteiger partial charge < -0.3 is 21.2 Å². The molecular formula is C10H17N5O. The number of likely N-dealkylation sites (N-methyl/N-ethyl adjacent to an activating group) is 1. The predicted molar refractivity (Wildman–Crippen MR) is 63.8 cm³/mol. The minimum atomic E-state index is 0.0137. The molecular weight excluding hydrogens is 206 g/mol. The van der Waals surface area contributed by atoms with Crippen molar-refractivity contribution in [2.75, 3.05) is 32.5 Å². The first-order valence-electron chi connectivity index (χ1n) is 4.96. The summed E-state index contributed by atoms with van der Waals surface area (Å²) in [6, 6.07) is 3.54. The van der Waals surface area contributed by atoms with Crippen LogP contribution in [0.5, 0.6) is 0 Å². The van der Waals surface area contributed by atoms with E-state index in [0.717, 1.165) is 18.8 Å². The average Bonchev–Trinajstić information content (AvgIpc) is 2.28. The van der Waals surface area contributed by atoms with Crippen molar-refractivity contribution in [3.05, 3.63) is 24.0 Å². The highest BCUT2D eigenvalue weighted by Gasteiger charge is 2.00. The molecule has 0 aliphatic carbocycles. The summed E-state index contributed by atoms with van der Waals surface area (Å²) < 4.78 is 0. The second kappa shape index (κ2) is 5.92. The maximum atomic E-state index is 8.46. The summed E-state index contributed by atoms with van der Waals surface area (Å²) in [6.45, 7) is 1.79. The molecule has 0 unspecified atom stereocenters. The molecule has 0 aliphatic heterocycles. The maximum Gasteiger partial charge on any atom is 0.188 e. The molecule has 4 N–H and O–H groups in total. The van der Waals surface area contributed by atoms with Gasteiger partial charge in [-0.2, -0.15) is 0 Å². The zero-order chi connectivity index (χ0) is 12.0. The summed E-state index contributed by atoms with van der Waals surface area (Å²) >= 11 is 0. The van der Waals surface area contributed by atoms with Crippen LogP contribution in [0, 0.1) is 0 Å². The standard InChI is InChI=1S/C10H17N5O/c1-15(2)6-5-12-8-3-4-9(13-7-8)10(11)14-16/h3-4,7,12,16H,5-6H2,1-2H3,(H2,11,14). The van der Waals surface area contributed by atoms with E-state index in [9.17, 15) is 0 Å². The lowest BCUT2D eigenvalue weighted by Gasteiger charge is -2.11. The summed E-state index contributed by atoms with van der Waals surface area (Å²) in [5.74, 6) is 0.0137. The van der Waals surface area contributed by atoms with Gasteiger partial charge in [0.05, 0.1) is 11.9 Å². The van der Waals surface area contributed by atoms with Crippen molar-refractivity contribution in [2.45, 2.75) is 0 Å². The SMILES string of the molecule is CN(C)CCNc1ccc(/C(N)=N/O)nc1. The van der Waals surface area contributed by atoms with E-state index in [1.807, 2.05) is 20.2 Å². The third kappa shape index (κ3) is 3.74. The predicted octanol–water partition coefficient (Wildman–Crippen LogP) is 0.150. The van der Waals surface area contributed by atoms with Gasteiger partial charge in [-0.05, 0) is 26.2 Å². The molecule has 1 heterocycles. The molecule has 16 heavy (non-hydrogen) atoms. The number of rotatable bonds is 5.